The molecule has 1 saturated heterocycles. The van der Waals surface area contributed by atoms with Crippen LogP contribution >= 0.6 is 23.8 Å². The van der Waals surface area contributed by atoms with Gasteiger partial charge in [0.25, 0.3) is 0 Å². The number of aromatic nitrogens is 2. The first-order chi connectivity index (χ1) is 19.0. The molecule has 8 heteroatoms. The van der Waals surface area contributed by atoms with Gasteiger partial charge in [0.15, 0.2) is 5.11 Å². The lowest BCUT2D eigenvalue weighted by Gasteiger charge is -2.29. The Bertz CT molecular complexity index is 1620. The second-order valence-corrected chi connectivity index (χ2v) is 10.1. The highest BCUT2D eigenvalue weighted by atomic mass is 35.5. The maximum absolute atomic E-state index is 14.0. The van der Waals surface area contributed by atoms with Crippen molar-refractivity contribution in [1.82, 2.24) is 14.9 Å². The van der Waals surface area contributed by atoms with Gasteiger partial charge in [-0.1, -0.05) is 35.4 Å². The summed E-state index contributed by atoms with van der Waals surface area (Å²) in [5.41, 5.74) is 4.63. The molecular formula is C31H24ClFN4OS. The van der Waals surface area contributed by atoms with E-state index in [0.29, 0.717) is 5.11 Å². The van der Waals surface area contributed by atoms with Crippen molar-refractivity contribution in [3.8, 4) is 17.2 Å². The zero-order chi connectivity index (χ0) is 26.9. The smallest absolute Gasteiger partial charge is 0.174 e. The highest BCUT2D eigenvalue weighted by Crippen LogP contribution is 2.43. The molecule has 0 unspecified atom stereocenters. The van der Waals surface area contributed by atoms with E-state index in [9.17, 15) is 4.39 Å². The second-order valence-electron chi connectivity index (χ2n) is 9.31. The minimum absolute atomic E-state index is 0.0644. The van der Waals surface area contributed by atoms with E-state index in [0.717, 1.165) is 34.3 Å². The minimum atomic E-state index is -0.459. The Morgan fingerprint density at radius 3 is 2.31 bits per heavy atom. The maximum Gasteiger partial charge on any atom is 0.174 e. The van der Waals surface area contributed by atoms with Crippen molar-refractivity contribution in [2.45, 2.75) is 19.0 Å². The first-order valence-corrected chi connectivity index (χ1v) is 13.2. The molecule has 1 fully saturated rings. The third-order valence-corrected chi connectivity index (χ3v) is 7.34. The maximum atomic E-state index is 14.0. The molecule has 5 aromatic rings. The summed E-state index contributed by atoms with van der Waals surface area (Å²) < 4.78 is 22.0. The number of ether oxygens (including phenoxy) is 1. The molecule has 2 atom stereocenters. The van der Waals surface area contributed by atoms with Crippen LogP contribution in [0.1, 0.15) is 29.0 Å². The normalized spacial score (nSPS) is 16.8. The Kier molecular flexibility index (Phi) is 6.77. The van der Waals surface area contributed by atoms with Gasteiger partial charge >= 0.3 is 0 Å². The van der Waals surface area contributed by atoms with Crippen LogP contribution in [0.3, 0.4) is 0 Å². The van der Waals surface area contributed by atoms with Gasteiger partial charge in [0.05, 0.1) is 16.8 Å². The summed E-state index contributed by atoms with van der Waals surface area (Å²) in [7, 11) is 0. The molecular weight excluding hydrogens is 531 g/mol. The molecule has 194 valence electrons. The third-order valence-electron chi connectivity index (χ3n) is 6.73. The van der Waals surface area contributed by atoms with Crippen molar-refractivity contribution in [2.24, 2.45) is 0 Å². The lowest BCUT2D eigenvalue weighted by atomic mass is 10.0. The van der Waals surface area contributed by atoms with E-state index in [4.69, 9.17) is 28.6 Å². The van der Waals surface area contributed by atoms with Crippen molar-refractivity contribution < 1.29 is 9.13 Å². The zero-order valence-corrected chi connectivity index (χ0v) is 22.5. The number of anilines is 1. The van der Waals surface area contributed by atoms with Crippen molar-refractivity contribution in [3.63, 3.8) is 0 Å². The summed E-state index contributed by atoms with van der Waals surface area (Å²) in [6.07, 6.45) is 3.71. The van der Waals surface area contributed by atoms with Crippen LogP contribution in [0.15, 0.2) is 109 Å². The summed E-state index contributed by atoms with van der Waals surface area (Å²) in [5.74, 6) is 1.04. The topological polar surface area (TPSA) is 42.3 Å². The highest BCUT2D eigenvalue weighted by molar-refractivity contribution is 7.80. The molecule has 1 aliphatic rings. The van der Waals surface area contributed by atoms with Crippen LogP contribution in [0.2, 0.25) is 5.02 Å². The fourth-order valence-corrected chi connectivity index (χ4v) is 5.38. The Morgan fingerprint density at radius 1 is 0.897 bits per heavy atom. The Morgan fingerprint density at radius 2 is 1.62 bits per heavy atom. The van der Waals surface area contributed by atoms with Gasteiger partial charge in [0.1, 0.15) is 23.4 Å². The van der Waals surface area contributed by atoms with E-state index in [1.54, 1.807) is 18.3 Å². The van der Waals surface area contributed by atoms with Gasteiger partial charge in [0, 0.05) is 29.5 Å². The largest absolute Gasteiger partial charge is 0.457 e. The van der Waals surface area contributed by atoms with Crippen LogP contribution in [0.4, 0.5) is 10.1 Å². The van der Waals surface area contributed by atoms with Crippen LogP contribution in [0, 0.1) is 12.7 Å². The van der Waals surface area contributed by atoms with Crippen LogP contribution in [-0.2, 0) is 0 Å². The summed E-state index contributed by atoms with van der Waals surface area (Å²) in [6.45, 7) is 2.04. The lowest BCUT2D eigenvalue weighted by molar-refractivity contribution is 0.482. The molecule has 0 spiro atoms. The van der Waals surface area contributed by atoms with Gasteiger partial charge in [-0.2, -0.15) is 0 Å². The van der Waals surface area contributed by atoms with Gasteiger partial charge in [0.2, 0.25) is 0 Å². The van der Waals surface area contributed by atoms with E-state index in [1.807, 2.05) is 96.6 Å². The number of thiocarbonyl (C=S) groups is 1. The summed E-state index contributed by atoms with van der Waals surface area (Å²) in [4.78, 5) is 6.71. The van der Waals surface area contributed by atoms with Crippen LogP contribution < -0.4 is 15.0 Å². The van der Waals surface area contributed by atoms with Crippen LogP contribution in [0.25, 0.3) is 5.69 Å². The van der Waals surface area contributed by atoms with Crippen molar-refractivity contribution in [3.05, 3.63) is 137 Å². The van der Waals surface area contributed by atoms with Crippen LogP contribution in [-0.4, -0.2) is 14.7 Å². The quantitative estimate of drug-likeness (QED) is 0.216. The second kappa shape index (κ2) is 10.5. The minimum Gasteiger partial charge on any atom is -0.457 e. The number of rotatable bonds is 6. The predicted molar refractivity (Wildman–Crippen MR) is 156 cm³/mol. The zero-order valence-electron chi connectivity index (χ0n) is 21.0. The number of hydrogen-bond acceptors (Lipinski definition) is 3. The van der Waals surface area contributed by atoms with Crippen molar-refractivity contribution >= 4 is 34.6 Å². The first-order valence-electron chi connectivity index (χ1n) is 12.5. The molecule has 0 bridgehead atoms. The van der Waals surface area contributed by atoms with Gasteiger partial charge in [-0.15, -0.1) is 0 Å². The average Bonchev–Trinajstić information content (AvgIpc) is 3.57. The van der Waals surface area contributed by atoms with Gasteiger partial charge < -0.3 is 19.5 Å². The molecule has 39 heavy (non-hydrogen) atoms. The summed E-state index contributed by atoms with van der Waals surface area (Å²) in [5, 5.41) is 4.12. The van der Waals surface area contributed by atoms with Gasteiger partial charge in [-0.05, 0) is 98.0 Å². The van der Waals surface area contributed by atoms with Crippen molar-refractivity contribution in [1.29, 1.82) is 0 Å². The number of pyridine rings is 1. The fraction of sp³-hybridized carbons (Fsp3) is 0.0968. The Balaban J connectivity index is 1.39. The number of nitrogens with one attached hydrogen (secondary N) is 1. The van der Waals surface area contributed by atoms with Gasteiger partial charge in [-0.25, -0.2) is 4.39 Å². The molecule has 0 saturated carbocycles. The number of nitrogens with zero attached hydrogens (tertiary/aromatic N) is 3. The van der Waals surface area contributed by atoms with Crippen molar-refractivity contribution in [2.75, 3.05) is 4.90 Å². The monoisotopic (exact) mass is 554 g/mol. The number of benzene rings is 3. The third kappa shape index (κ3) is 4.99. The SMILES string of the molecule is Cc1ccc(Oc2ccc(N3C(=S)N[C@@H](c4ccccn4)[C@H]3c3cccn3-c3ccc(F)c(Cl)c3)cc2)cc1. The standard InChI is InChI=1S/C31H24ClFN4OS/c1-20-7-12-23(13-8-20)38-24-14-9-21(10-15-24)37-30(29(35-31(37)39)27-5-2-3-17-34-27)28-6-4-18-36(28)22-11-16-26(33)25(32)19-22/h2-19,29-30H,1H3,(H,35,39)/t29-,30+/m0/s1. The molecule has 3 heterocycles. The fourth-order valence-electron chi connectivity index (χ4n) is 4.86. The van der Waals surface area contributed by atoms with E-state index in [1.165, 1.54) is 11.6 Å². The summed E-state index contributed by atoms with van der Waals surface area (Å²) in [6, 6.07) is 29.8. The molecule has 0 amide bonds. The molecule has 0 aliphatic carbocycles. The van der Waals surface area contributed by atoms with Gasteiger partial charge in [-0.3, -0.25) is 4.98 Å². The summed E-state index contributed by atoms with van der Waals surface area (Å²) >= 11 is 12.0. The number of hydrogen-bond donors (Lipinski definition) is 1. The average molecular weight is 555 g/mol. The molecule has 6 rings (SSSR count). The van der Waals surface area contributed by atoms with E-state index >= 15 is 0 Å². The van der Waals surface area contributed by atoms with E-state index in [-0.39, 0.29) is 17.1 Å². The first kappa shape index (κ1) is 25.1. The number of halogens is 2. The van der Waals surface area contributed by atoms with E-state index in [2.05, 4.69) is 15.2 Å². The molecule has 2 aromatic heterocycles. The Hall–Kier alpha value is -4.20. The number of aryl methyl sites for hydroxylation is 1. The molecule has 0 radical (unpaired) electrons. The predicted octanol–water partition coefficient (Wildman–Crippen LogP) is 7.94. The van der Waals surface area contributed by atoms with E-state index < -0.39 is 5.82 Å². The molecule has 1 aliphatic heterocycles. The highest BCUT2D eigenvalue weighted by Gasteiger charge is 2.42. The molecule has 5 nitrogen and oxygen atoms in total. The lowest BCUT2D eigenvalue weighted by Crippen LogP contribution is -2.30. The molecule has 1 N–H and O–H groups in total. The Labute approximate surface area is 236 Å². The van der Waals surface area contributed by atoms with Crippen LogP contribution in [0.5, 0.6) is 11.5 Å². The molecule has 3 aromatic carbocycles.